The molecule has 1 unspecified atom stereocenters. The summed E-state index contributed by atoms with van der Waals surface area (Å²) in [5, 5.41) is 9.41. The highest BCUT2D eigenvalue weighted by Crippen LogP contribution is 2.22. The molecule has 0 saturated heterocycles. The Morgan fingerprint density at radius 3 is 2.52 bits per heavy atom. The number of ether oxygens (including phenoxy) is 1. The fourth-order valence-electron chi connectivity index (χ4n) is 3.35. The van der Waals surface area contributed by atoms with Crippen LogP contribution in [0.1, 0.15) is 51.8 Å². The van der Waals surface area contributed by atoms with Gasteiger partial charge in [-0.15, -0.1) is 0 Å². The Morgan fingerprint density at radius 2 is 1.97 bits per heavy atom. The number of furan rings is 1. The predicted octanol–water partition coefficient (Wildman–Crippen LogP) is 2.89. The second-order valence-electron chi connectivity index (χ2n) is 6.91. The van der Waals surface area contributed by atoms with Crippen molar-refractivity contribution in [2.45, 2.75) is 40.7 Å². The molecule has 0 aromatic carbocycles. The van der Waals surface area contributed by atoms with Gasteiger partial charge in [0.1, 0.15) is 23.2 Å². The topological polar surface area (TPSA) is 109 Å². The first-order chi connectivity index (χ1) is 13.7. The minimum atomic E-state index is -0.700. The fourth-order valence-corrected chi connectivity index (χ4v) is 3.35. The molecule has 8 nitrogen and oxygen atoms in total. The smallest absolute Gasteiger partial charge is 0.280 e. The number of aromatic nitrogens is 1. The lowest BCUT2D eigenvalue weighted by atomic mass is 10.1. The number of nitriles is 1. The van der Waals surface area contributed by atoms with Crippen LogP contribution in [-0.2, 0) is 9.53 Å². The Balaban J connectivity index is 2.16. The zero-order valence-electron chi connectivity index (χ0n) is 17.5. The zero-order valence-corrected chi connectivity index (χ0v) is 17.5. The monoisotopic (exact) mass is 398 g/mol. The average Bonchev–Trinajstić information content (AvgIpc) is 3.14. The highest BCUT2D eigenvalue weighted by Gasteiger charge is 2.18. The van der Waals surface area contributed by atoms with E-state index in [1.165, 1.54) is 6.08 Å². The van der Waals surface area contributed by atoms with Crippen LogP contribution >= 0.6 is 0 Å². The molecule has 2 rings (SSSR count). The third-order valence-corrected chi connectivity index (χ3v) is 4.61. The quantitative estimate of drug-likeness (QED) is 0.442. The van der Waals surface area contributed by atoms with Crippen molar-refractivity contribution in [1.82, 2.24) is 15.4 Å². The molecule has 1 atom stereocenters. The molecule has 2 N–H and O–H groups in total. The maximum absolute atomic E-state index is 12.4. The predicted molar refractivity (Wildman–Crippen MR) is 108 cm³/mol. The number of carbonyl (C=O) groups is 2. The van der Waals surface area contributed by atoms with Gasteiger partial charge in [0, 0.05) is 18.5 Å². The molecule has 0 bridgehead atoms. The second kappa shape index (κ2) is 9.26. The van der Waals surface area contributed by atoms with Crippen LogP contribution in [0.15, 0.2) is 22.1 Å². The maximum Gasteiger partial charge on any atom is 0.280 e. The normalized spacial score (nSPS) is 12.4. The van der Waals surface area contributed by atoms with Gasteiger partial charge in [-0.2, -0.15) is 5.26 Å². The summed E-state index contributed by atoms with van der Waals surface area (Å²) >= 11 is 0. The van der Waals surface area contributed by atoms with Gasteiger partial charge in [-0.05, 0) is 58.4 Å². The number of hydrogen-bond acceptors (Lipinski definition) is 5. The summed E-state index contributed by atoms with van der Waals surface area (Å²) in [6, 6.07) is 5.48. The SMILES string of the molecule is COCC(C)n1c(C)cc(/C=C(\C#N)C(=O)NNC(=O)c2cc(C)oc2C)c1C. The van der Waals surface area contributed by atoms with Crippen LogP contribution in [0.5, 0.6) is 0 Å². The van der Waals surface area contributed by atoms with Gasteiger partial charge < -0.3 is 13.7 Å². The number of hydrazine groups is 1. The number of nitrogens with one attached hydrogen (secondary N) is 2. The number of carbonyl (C=O) groups excluding carboxylic acids is 2. The summed E-state index contributed by atoms with van der Waals surface area (Å²) in [5.74, 6) is -0.178. The van der Waals surface area contributed by atoms with E-state index < -0.39 is 11.8 Å². The van der Waals surface area contributed by atoms with Crippen LogP contribution < -0.4 is 10.9 Å². The van der Waals surface area contributed by atoms with Crippen LogP contribution in [0.2, 0.25) is 0 Å². The van der Waals surface area contributed by atoms with Crippen molar-refractivity contribution in [2.24, 2.45) is 0 Å². The molecule has 0 radical (unpaired) electrons. The molecular weight excluding hydrogens is 372 g/mol. The van der Waals surface area contributed by atoms with Gasteiger partial charge in [0.2, 0.25) is 0 Å². The third kappa shape index (κ3) is 4.95. The lowest BCUT2D eigenvalue weighted by molar-refractivity contribution is -0.117. The Morgan fingerprint density at radius 1 is 1.28 bits per heavy atom. The first-order valence-electron chi connectivity index (χ1n) is 9.16. The largest absolute Gasteiger partial charge is 0.466 e. The summed E-state index contributed by atoms with van der Waals surface area (Å²) in [6.07, 6.45) is 1.51. The molecule has 2 aromatic heterocycles. The summed E-state index contributed by atoms with van der Waals surface area (Å²) in [7, 11) is 1.64. The molecule has 0 spiro atoms. The van der Waals surface area contributed by atoms with Crippen LogP contribution in [0.3, 0.4) is 0 Å². The molecule has 0 aliphatic carbocycles. The van der Waals surface area contributed by atoms with Gasteiger partial charge in [0.25, 0.3) is 11.8 Å². The molecular formula is C21H26N4O4. The Labute approximate surface area is 170 Å². The molecule has 8 heteroatoms. The molecule has 0 fully saturated rings. The van der Waals surface area contributed by atoms with E-state index in [9.17, 15) is 14.9 Å². The van der Waals surface area contributed by atoms with Gasteiger partial charge in [-0.3, -0.25) is 20.4 Å². The van der Waals surface area contributed by atoms with Gasteiger partial charge in [-0.25, -0.2) is 0 Å². The van der Waals surface area contributed by atoms with E-state index in [2.05, 4.69) is 15.4 Å². The summed E-state index contributed by atoms with van der Waals surface area (Å²) in [5.41, 5.74) is 7.45. The van der Waals surface area contributed by atoms with Gasteiger partial charge >= 0.3 is 0 Å². The summed E-state index contributed by atoms with van der Waals surface area (Å²) < 4.78 is 12.6. The van der Waals surface area contributed by atoms with E-state index >= 15 is 0 Å². The van der Waals surface area contributed by atoms with E-state index in [4.69, 9.17) is 9.15 Å². The summed E-state index contributed by atoms with van der Waals surface area (Å²) in [4.78, 5) is 24.6. The first kappa shape index (κ1) is 22.0. The minimum Gasteiger partial charge on any atom is -0.466 e. The number of rotatable bonds is 6. The van der Waals surface area contributed by atoms with Gasteiger partial charge in [-0.1, -0.05) is 0 Å². The highest BCUT2D eigenvalue weighted by atomic mass is 16.5. The lowest BCUT2D eigenvalue weighted by Gasteiger charge is -2.17. The van der Waals surface area contributed by atoms with Crippen molar-refractivity contribution in [1.29, 1.82) is 5.26 Å². The molecule has 29 heavy (non-hydrogen) atoms. The van der Waals surface area contributed by atoms with Crippen LogP contribution in [-0.4, -0.2) is 30.1 Å². The van der Waals surface area contributed by atoms with E-state index in [0.717, 1.165) is 17.0 Å². The van der Waals surface area contributed by atoms with Crippen LogP contribution in [0.4, 0.5) is 0 Å². The van der Waals surface area contributed by atoms with E-state index in [0.29, 0.717) is 23.7 Å². The van der Waals surface area contributed by atoms with Crippen molar-refractivity contribution in [2.75, 3.05) is 13.7 Å². The number of amides is 2. The van der Waals surface area contributed by atoms with Gasteiger partial charge in [0.05, 0.1) is 18.2 Å². The van der Waals surface area contributed by atoms with Gasteiger partial charge in [0.15, 0.2) is 0 Å². The third-order valence-electron chi connectivity index (χ3n) is 4.61. The molecule has 0 aliphatic rings. The first-order valence-corrected chi connectivity index (χ1v) is 9.16. The molecule has 2 amide bonds. The van der Waals surface area contributed by atoms with Crippen molar-refractivity contribution < 1.29 is 18.7 Å². The Bertz CT molecular complexity index is 991. The molecule has 154 valence electrons. The van der Waals surface area contributed by atoms with Crippen LogP contribution in [0.25, 0.3) is 6.08 Å². The van der Waals surface area contributed by atoms with Crippen molar-refractivity contribution in [3.63, 3.8) is 0 Å². The highest BCUT2D eigenvalue weighted by molar-refractivity contribution is 6.04. The Kier molecular flexibility index (Phi) is 7.02. The van der Waals surface area contributed by atoms with E-state index in [1.54, 1.807) is 27.0 Å². The second-order valence-corrected chi connectivity index (χ2v) is 6.91. The number of aryl methyl sites for hydroxylation is 3. The van der Waals surface area contributed by atoms with Crippen molar-refractivity contribution in [3.8, 4) is 6.07 Å². The number of nitrogens with zero attached hydrogens (tertiary/aromatic N) is 2. The molecule has 0 aliphatic heterocycles. The zero-order chi connectivity index (χ0) is 21.7. The standard InChI is InChI=1S/C21H26N4O4/c1-12-7-17(15(4)25(12)13(2)11-28-6)9-18(10-22)20(26)23-24-21(27)19-8-14(3)29-16(19)5/h7-9,13H,11H2,1-6H3,(H,23,26)(H,24,27)/b18-9+. The fraction of sp³-hybridized carbons (Fsp3) is 0.381. The molecule has 2 aromatic rings. The van der Waals surface area contributed by atoms with E-state index in [-0.39, 0.29) is 11.6 Å². The maximum atomic E-state index is 12.4. The van der Waals surface area contributed by atoms with Crippen molar-refractivity contribution >= 4 is 17.9 Å². The lowest BCUT2D eigenvalue weighted by Crippen LogP contribution is -2.42. The average molecular weight is 398 g/mol. The Hall–Kier alpha value is -3.31. The number of methoxy groups -OCH3 is 1. The van der Waals surface area contributed by atoms with Crippen molar-refractivity contribution in [3.05, 3.63) is 51.7 Å². The van der Waals surface area contributed by atoms with Crippen LogP contribution in [0, 0.1) is 39.0 Å². The molecule has 0 saturated carbocycles. The number of hydrogen-bond donors (Lipinski definition) is 2. The van der Waals surface area contributed by atoms with E-state index in [1.807, 2.05) is 32.9 Å². The minimum absolute atomic E-state index is 0.113. The molecule has 2 heterocycles. The summed E-state index contributed by atoms with van der Waals surface area (Å²) in [6.45, 7) is 9.84.